The summed E-state index contributed by atoms with van der Waals surface area (Å²) in [6.45, 7) is 5.13. The lowest BCUT2D eigenvalue weighted by Crippen LogP contribution is -2.13. The first-order valence-electron chi connectivity index (χ1n) is 15.5. The van der Waals surface area contributed by atoms with Crippen LogP contribution in [-0.2, 0) is 12.8 Å². The summed E-state index contributed by atoms with van der Waals surface area (Å²) in [6, 6.07) is 21.2. The zero-order valence-corrected chi connectivity index (χ0v) is 26.3. The fourth-order valence-electron chi connectivity index (χ4n) is 5.78. The Morgan fingerprint density at radius 2 is 1.77 bits per heavy atom. The highest BCUT2D eigenvalue weighted by atomic mass is 19.1. The van der Waals surface area contributed by atoms with Gasteiger partial charge in [-0.1, -0.05) is 36.9 Å². The van der Waals surface area contributed by atoms with Gasteiger partial charge in [0.1, 0.15) is 17.0 Å². The molecule has 5 heterocycles. The van der Waals surface area contributed by atoms with Crippen LogP contribution in [0.4, 0.5) is 10.1 Å². The molecule has 0 fully saturated rings. The van der Waals surface area contributed by atoms with Gasteiger partial charge in [-0.25, -0.2) is 9.37 Å². The van der Waals surface area contributed by atoms with E-state index in [1.807, 2.05) is 56.6 Å². The molecule has 5 aromatic heterocycles. The van der Waals surface area contributed by atoms with Crippen molar-refractivity contribution in [3.05, 3.63) is 121 Å². The van der Waals surface area contributed by atoms with Gasteiger partial charge < -0.3 is 15.2 Å². The van der Waals surface area contributed by atoms with Gasteiger partial charge in [-0.05, 0) is 81.0 Å². The minimum Gasteiger partial charge on any atom is -0.358 e. The summed E-state index contributed by atoms with van der Waals surface area (Å²) in [5.41, 5.74) is 9.56. The van der Waals surface area contributed by atoms with Gasteiger partial charge in [0, 0.05) is 41.0 Å². The zero-order chi connectivity index (χ0) is 32.3. The van der Waals surface area contributed by atoms with Crippen LogP contribution in [0.25, 0.3) is 56.0 Å². The molecular formula is C37H34FN9. The molecule has 0 spiro atoms. The van der Waals surface area contributed by atoms with E-state index in [1.54, 1.807) is 30.9 Å². The maximum Gasteiger partial charge on any atom is 0.159 e. The molecule has 0 amide bonds. The summed E-state index contributed by atoms with van der Waals surface area (Å²) in [4.78, 5) is 24.2. The Hall–Kier alpha value is -5.74. The van der Waals surface area contributed by atoms with Crippen molar-refractivity contribution in [3.8, 4) is 34.0 Å². The van der Waals surface area contributed by atoms with Gasteiger partial charge in [0.05, 0.1) is 40.5 Å². The SMILES string of the molecule is C=C(Cc1ccccc1)Nc1cncc(-c2cc3c(-c4nc5c(-c6cc(F)cc(CCCN(C)C)c6)nccc5[nH]4)n[nH]c3cn2)c1. The van der Waals surface area contributed by atoms with Crippen LogP contribution in [0.15, 0.2) is 104 Å². The number of rotatable bonds is 11. The molecule has 0 saturated heterocycles. The normalized spacial score (nSPS) is 11.5. The lowest BCUT2D eigenvalue weighted by atomic mass is 10.0. The minimum absolute atomic E-state index is 0.287. The van der Waals surface area contributed by atoms with Crippen molar-refractivity contribution in [2.24, 2.45) is 0 Å². The van der Waals surface area contributed by atoms with Gasteiger partial charge in [-0.15, -0.1) is 0 Å². The second kappa shape index (κ2) is 12.9. The van der Waals surface area contributed by atoms with E-state index < -0.39 is 0 Å². The molecule has 2 aromatic carbocycles. The topological polar surface area (TPSA) is 111 Å². The van der Waals surface area contributed by atoms with Gasteiger partial charge >= 0.3 is 0 Å². The first kappa shape index (κ1) is 29.9. The van der Waals surface area contributed by atoms with Crippen molar-refractivity contribution in [3.63, 3.8) is 0 Å². The number of aromatic amines is 2. The molecule has 0 aliphatic rings. The zero-order valence-electron chi connectivity index (χ0n) is 26.3. The van der Waals surface area contributed by atoms with Crippen LogP contribution in [0.2, 0.25) is 0 Å². The number of anilines is 1. The Kier molecular flexibility index (Phi) is 8.24. The molecule has 7 rings (SSSR count). The summed E-state index contributed by atoms with van der Waals surface area (Å²) in [5, 5.41) is 11.9. The molecule has 9 nitrogen and oxygen atoms in total. The van der Waals surface area contributed by atoms with Crippen molar-refractivity contribution in [2.45, 2.75) is 19.3 Å². The molecule has 0 aliphatic carbocycles. The molecule has 3 N–H and O–H groups in total. The summed E-state index contributed by atoms with van der Waals surface area (Å²) in [5.74, 6) is 0.288. The number of nitrogens with zero attached hydrogens (tertiary/aromatic N) is 6. The lowest BCUT2D eigenvalue weighted by molar-refractivity contribution is 0.400. The second-order valence-electron chi connectivity index (χ2n) is 11.9. The Morgan fingerprint density at radius 1 is 0.894 bits per heavy atom. The van der Waals surface area contributed by atoms with E-state index >= 15 is 0 Å². The van der Waals surface area contributed by atoms with Crippen molar-refractivity contribution in [2.75, 3.05) is 26.0 Å². The summed E-state index contributed by atoms with van der Waals surface area (Å²) in [6.07, 6.45) is 9.44. The molecule has 234 valence electrons. The third-order valence-electron chi connectivity index (χ3n) is 7.99. The Labute approximate surface area is 271 Å². The number of pyridine rings is 3. The monoisotopic (exact) mass is 623 g/mol. The highest BCUT2D eigenvalue weighted by Crippen LogP contribution is 2.32. The number of halogens is 1. The largest absolute Gasteiger partial charge is 0.358 e. The molecule has 0 saturated carbocycles. The Balaban J connectivity index is 1.18. The van der Waals surface area contributed by atoms with Crippen LogP contribution in [0.5, 0.6) is 0 Å². The van der Waals surface area contributed by atoms with Gasteiger partial charge in [-0.3, -0.25) is 20.1 Å². The van der Waals surface area contributed by atoms with Crippen LogP contribution < -0.4 is 5.32 Å². The molecule has 47 heavy (non-hydrogen) atoms. The number of fused-ring (bicyclic) bond motifs is 2. The molecule has 0 radical (unpaired) electrons. The van der Waals surface area contributed by atoms with E-state index in [0.29, 0.717) is 34.7 Å². The minimum atomic E-state index is -0.287. The molecule has 0 unspecified atom stereocenters. The number of nitrogens with one attached hydrogen (secondary N) is 3. The van der Waals surface area contributed by atoms with Gasteiger partial charge in [0.25, 0.3) is 0 Å². The van der Waals surface area contributed by atoms with Crippen LogP contribution in [0.3, 0.4) is 0 Å². The lowest BCUT2D eigenvalue weighted by Gasteiger charge is -2.11. The molecule has 0 atom stereocenters. The maximum atomic E-state index is 14.8. The second-order valence-corrected chi connectivity index (χ2v) is 11.9. The first-order valence-corrected chi connectivity index (χ1v) is 15.5. The smallest absolute Gasteiger partial charge is 0.159 e. The summed E-state index contributed by atoms with van der Waals surface area (Å²) in [7, 11) is 4.07. The predicted molar refractivity (Wildman–Crippen MR) is 185 cm³/mol. The van der Waals surface area contributed by atoms with Crippen molar-refractivity contribution in [1.82, 2.24) is 40.0 Å². The van der Waals surface area contributed by atoms with E-state index in [9.17, 15) is 4.39 Å². The van der Waals surface area contributed by atoms with Gasteiger partial charge in [-0.2, -0.15) is 5.10 Å². The number of imidazole rings is 1. The van der Waals surface area contributed by atoms with Crippen LogP contribution in [-0.4, -0.2) is 60.7 Å². The number of hydrogen-bond acceptors (Lipinski definition) is 7. The van der Waals surface area contributed by atoms with E-state index in [1.165, 1.54) is 11.6 Å². The number of allylic oxidation sites excluding steroid dienone is 1. The van der Waals surface area contributed by atoms with Crippen molar-refractivity contribution < 1.29 is 4.39 Å². The Morgan fingerprint density at radius 3 is 2.62 bits per heavy atom. The van der Waals surface area contributed by atoms with Crippen molar-refractivity contribution >= 4 is 27.6 Å². The third kappa shape index (κ3) is 6.63. The van der Waals surface area contributed by atoms with E-state index in [2.05, 4.69) is 59.1 Å². The molecule has 0 aliphatic heterocycles. The highest BCUT2D eigenvalue weighted by Gasteiger charge is 2.18. The number of aromatic nitrogens is 7. The number of benzene rings is 2. The first-order chi connectivity index (χ1) is 22.9. The molecule has 0 bridgehead atoms. The molecular weight excluding hydrogens is 589 g/mol. The fourth-order valence-corrected chi connectivity index (χ4v) is 5.78. The Bertz CT molecular complexity index is 2200. The maximum absolute atomic E-state index is 14.8. The number of H-pyrrole nitrogens is 2. The summed E-state index contributed by atoms with van der Waals surface area (Å²) < 4.78 is 14.8. The third-order valence-corrected chi connectivity index (χ3v) is 7.99. The fraction of sp³-hybridized carbons (Fsp3) is 0.162. The summed E-state index contributed by atoms with van der Waals surface area (Å²) >= 11 is 0. The van der Waals surface area contributed by atoms with E-state index in [0.717, 1.165) is 64.0 Å². The molecule has 10 heteroatoms. The van der Waals surface area contributed by atoms with Gasteiger partial charge in [0.15, 0.2) is 5.82 Å². The average Bonchev–Trinajstić information content (AvgIpc) is 3.69. The standard InChI is InChI=1S/C37H34FN9/c1-23(14-24-8-5-4-6-9-24)42-29-18-27(20-39-21-29)32-19-30-33(22-41-32)45-46-35(30)37-43-31-11-12-40-34(36(31)44-37)26-15-25(16-28(38)17-26)10-7-13-47(2)3/h4-6,8-9,11-12,15-22,42H,1,7,10,13-14H2,2-3H3,(H,43,44)(H,45,46). The quantitative estimate of drug-likeness (QED) is 0.137. The van der Waals surface area contributed by atoms with E-state index in [4.69, 9.17) is 4.98 Å². The number of aryl methyl sites for hydroxylation is 1. The molecule has 7 aromatic rings. The van der Waals surface area contributed by atoms with E-state index in [-0.39, 0.29) is 5.82 Å². The number of hydrogen-bond donors (Lipinski definition) is 3. The van der Waals surface area contributed by atoms with Crippen LogP contribution >= 0.6 is 0 Å². The predicted octanol–water partition coefficient (Wildman–Crippen LogP) is 7.43. The average molecular weight is 624 g/mol. The van der Waals surface area contributed by atoms with Gasteiger partial charge in [0.2, 0.25) is 0 Å². The highest BCUT2D eigenvalue weighted by molar-refractivity contribution is 5.97. The van der Waals surface area contributed by atoms with Crippen LogP contribution in [0.1, 0.15) is 17.5 Å². The van der Waals surface area contributed by atoms with Crippen molar-refractivity contribution in [1.29, 1.82) is 0 Å². The van der Waals surface area contributed by atoms with Crippen LogP contribution in [0, 0.1) is 5.82 Å².